The molecule has 1 heterocycles. The summed E-state index contributed by atoms with van der Waals surface area (Å²) in [6.45, 7) is 4.33. The standard InChI is InChI=1S/C18H27N3/c1-3-4-5-6-7-11-14-17-15(2)18(19)21(20-17)16-12-9-8-10-13-16/h8-10,12-13H,3-7,11,14,19H2,1-2H3. The smallest absolute Gasteiger partial charge is 0.130 e. The molecule has 114 valence electrons. The summed E-state index contributed by atoms with van der Waals surface area (Å²) < 4.78 is 1.86. The van der Waals surface area contributed by atoms with E-state index in [0.29, 0.717) is 0 Å². The van der Waals surface area contributed by atoms with Crippen LogP contribution in [-0.4, -0.2) is 9.78 Å². The van der Waals surface area contributed by atoms with Crippen LogP contribution < -0.4 is 5.73 Å². The van der Waals surface area contributed by atoms with E-state index in [2.05, 4.69) is 13.8 Å². The van der Waals surface area contributed by atoms with Gasteiger partial charge in [0.15, 0.2) is 0 Å². The van der Waals surface area contributed by atoms with Gasteiger partial charge in [0.25, 0.3) is 0 Å². The Labute approximate surface area is 128 Å². The lowest BCUT2D eigenvalue weighted by Crippen LogP contribution is -2.01. The van der Waals surface area contributed by atoms with Crippen molar-refractivity contribution in [3.05, 3.63) is 41.6 Å². The molecule has 0 atom stereocenters. The monoisotopic (exact) mass is 285 g/mol. The number of nitrogen functional groups attached to an aromatic ring is 1. The second-order valence-electron chi connectivity index (χ2n) is 5.72. The average Bonchev–Trinajstić information content (AvgIpc) is 2.80. The Morgan fingerprint density at radius 3 is 2.38 bits per heavy atom. The maximum atomic E-state index is 6.21. The number of para-hydroxylation sites is 1. The van der Waals surface area contributed by atoms with Crippen LogP contribution in [0.5, 0.6) is 0 Å². The fourth-order valence-electron chi connectivity index (χ4n) is 2.63. The van der Waals surface area contributed by atoms with Crippen LogP contribution in [0.25, 0.3) is 5.69 Å². The molecule has 2 N–H and O–H groups in total. The van der Waals surface area contributed by atoms with Crippen molar-refractivity contribution in [3.8, 4) is 5.69 Å². The topological polar surface area (TPSA) is 43.8 Å². The van der Waals surface area contributed by atoms with E-state index in [1.807, 2.05) is 35.0 Å². The first kappa shape index (κ1) is 15.6. The average molecular weight is 285 g/mol. The summed E-state index contributed by atoms with van der Waals surface area (Å²) in [5.74, 6) is 0.766. The molecular weight excluding hydrogens is 258 g/mol. The molecule has 21 heavy (non-hydrogen) atoms. The van der Waals surface area contributed by atoms with Crippen LogP contribution >= 0.6 is 0 Å². The molecule has 0 amide bonds. The summed E-state index contributed by atoms with van der Waals surface area (Å²) in [5, 5.41) is 4.71. The molecule has 2 rings (SSSR count). The molecule has 0 bridgehead atoms. The molecule has 0 aliphatic carbocycles. The number of anilines is 1. The van der Waals surface area contributed by atoms with E-state index in [1.165, 1.54) is 38.5 Å². The number of aromatic nitrogens is 2. The lowest BCUT2D eigenvalue weighted by molar-refractivity contribution is 0.602. The minimum atomic E-state index is 0.766. The highest BCUT2D eigenvalue weighted by Crippen LogP contribution is 2.21. The van der Waals surface area contributed by atoms with Crippen molar-refractivity contribution in [2.45, 2.75) is 58.8 Å². The summed E-state index contributed by atoms with van der Waals surface area (Å²) in [5.41, 5.74) is 9.52. The summed E-state index contributed by atoms with van der Waals surface area (Å²) in [4.78, 5) is 0. The normalized spacial score (nSPS) is 11.0. The van der Waals surface area contributed by atoms with Gasteiger partial charge < -0.3 is 5.73 Å². The summed E-state index contributed by atoms with van der Waals surface area (Å²) in [6.07, 6.45) is 8.87. The molecular formula is C18H27N3. The molecule has 0 saturated heterocycles. The van der Waals surface area contributed by atoms with Crippen LogP contribution in [0.1, 0.15) is 56.7 Å². The Bertz CT molecular complexity index is 543. The third-order valence-corrected chi connectivity index (χ3v) is 4.03. The zero-order valence-corrected chi connectivity index (χ0v) is 13.3. The van der Waals surface area contributed by atoms with Gasteiger partial charge in [-0.1, -0.05) is 57.2 Å². The zero-order valence-electron chi connectivity index (χ0n) is 13.3. The van der Waals surface area contributed by atoms with Gasteiger partial charge in [-0.3, -0.25) is 0 Å². The van der Waals surface area contributed by atoms with Crippen molar-refractivity contribution in [2.24, 2.45) is 0 Å². The Kier molecular flexibility index (Phi) is 5.85. The number of nitrogens with two attached hydrogens (primary N) is 1. The van der Waals surface area contributed by atoms with Crippen molar-refractivity contribution < 1.29 is 0 Å². The van der Waals surface area contributed by atoms with E-state index in [-0.39, 0.29) is 0 Å². The molecule has 1 aromatic carbocycles. The van der Waals surface area contributed by atoms with Crippen LogP contribution in [0.4, 0.5) is 5.82 Å². The minimum absolute atomic E-state index is 0.766. The van der Waals surface area contributed by atoms with Crippen molar-refractivity contribution in [2.75, 3.05) is 5.73 Å². The second-order valence-corrected chi connectivity index (χ2v) is 5.72. The maximum absolute atomic E-state index is 6.21. The predicted molar refractivity (Wildman–Crippen MR) is 89.8 cm³/mol. The molecule has 0 aliphatic heterocycles. The van der Waals surface area contributed by atoms with Crippen molar-refractivity contribution in [1.29, 1.82) is 0 Å². The molecule has 2 aromatic rings. The molecule has 0 fully saturated rings. The Morgan fingerprint density at radius 1 is 1.00 bits per heavy atom. The van der Waals surface area contributed by atoms with Crippen LogP contribution in [-0.2, 0) is 6.42 Å². The molecule has 0 aliphatic rings. The number of hydrogen-bond donors (Lipinski definition) is 1. The lowest BCUT2D eigenvalue weighted by atomic mass is 10.1. The molecule has 3 nitrogen and oxygen atoms in total. The largest absolute Gasteiger partial charge is 0.383 e. The van der Waals surface area contributed by atoms with E-state index in [1.54, 1.807) is 0 Å². The molecule has 0 spiro atoms. The van der Waals surface area contributed by atoms with Crippen LogP contribution in [0, 0.1) is 6.92 Å². The van der Waals surface area contributed by atoms with E-state index in [4.69, 9.17) is 10.8 Å². The Morgan fingerprint density at radius 2 is 1.67 bits per heavy atom. The fourth-order valence-corrected chi connectivity index (χ4v) is 2.63. The van der Waals surface area contributed by atoms with Gasteiger partial charge in [-0.15, -0.1) is 0 Å². The van der Waals surface area contributed by atoms with Gasteiger partial charge in [0.05, 0.1) is 11.4 Å². The molecule has 3 heteroatoms. The first-order valence-corrected chi connectivity index (χ1v) is 8.13. The van der Waals surface area contributed by atoms with Crippen LogP contribution in [0.15, 0.2) is 30.3 Å². The van der Waals surface area contributed by atoms with E-state index >= 15 is 0 Å². The van der Waals surface area contributed by atoms with Gasteiger partial charge >= 0.3 is 0 Å². The molecule has 0 radical (unpaired) electrons. The first-order valence-electron chi connectivity index (χ1n) is 8.13. The minimum Gasteiger partial charge on any atom is -0.383 e. The number of benzene rings is 1. The quantitative estimate of drug-likeness (QED) is 0.716. The van der Waals surface area contributed by atoms with Gasteiger partial charge in [-0.2, -0.15) is 5.10 Å². The highest BCUT2D eigenvalue weighted by Gasteiger charge is 2.12. The Balaban J connectivity index is 1.95. The summed E-state index contributed by atoms with van der Waals surface area (Å²) >= 11 is 0. The number of unbranched alkanes of at least 4 members (excludes halogenated alkanes) is 5. The van der Waals surface area contributed by atoms with Crippen LogP contribution in [0.3, 0.4) is 0 Å². The van der Waals surface area contributed by atoms with Gasteiger partial charge in [-0.25, -0.2) is 4.68 Å². The van der Waals surface area contributed by atoms with Gasteiger partial charge in [0.1, 0.15) is 5.82 Å². The predicted octanol–water partition coefficient (Wildman–Crippen LogP) is 4.67. The van der Waals surface area contributed by atoms with Gasteiger partial charge in [-0.05, 0) is 31.9 Å². The van der Waals surface area contributed by atoms with Crippen LogP contribution in [0.2, 0.25) is 0 Å². The zero-order chi connectivity index (χ0) is 15.1. The van der Waals surface area contributed by atoms with E-state index in [9.17, 15) is 0 Å². The number of nitrogens with zero attached hydrogens (tertiary/aromatic N) is 2. The summed E-state index contributed by atoms with van der Waals surface area (Å²) in [6, 6.07) is 10.1. The molecule has 1 aromatic heterocycles. The third kappa shape index (κ3) is 4.10. The molecule has 0 unspecified atom stereocenters. The fraction of sp³-hybridized carbons (Fsp3) is 0.500. The number of aryl methyl sites for hydroxylation is 1. The second kappa shape index (κ2) is 7.87. The summed E-state index contributed by atoms with van der Waals surface area (Å²) in [7, 11) is 0. The number of hydrogen-bond acceptors (Lipinski definition) is 2. The van der Waals surface area contributed by atoms with Crippen molar-refractivity contribution in [3.63, 3.8) is 0 Å². The third-order valence-electron chi connectivity index (χ3n) is 4.03. The number of rotatable bonds is 8. The lowest BCUT2D eigenvalue weighted by Gasteiger charge is -2.02. The van der Waals surface area contributed by atoms with Gasteiger partial charge in [0, 0.05) is 5.56 Å². The molecule has 0 saturated carbocycles. The van der Waals surface area contributed by atoms with E-state index in [0.717, 1.165) is 29.2 Å². The first-order chi connectivity index (χ1) is 10.2. The van der Waals surface area contributed by atoms with E-state index < -0.39 is 0 Å². The van der Waals surface area contributed by atoms with Gasteiger partial charge in [0.2, 0.25) is 0 Å². The Hall–Kier alpha value is -1.77. The highest BCUT2D eigenvalue weighted by molar-refractivity contribution is 5.49. The maximum Gasteiger partial charge on any atom is 0.130 e. The SMILES string of the molecule is CCCCCCCCc1nn(-c2ccccc2)c(N)c1C. The van der Waals surface area contributed by atoms with Crippen molar-refractivity contribution >= 4 is 5.82 Å². The highest BCUT2D eigenvalue weighted by atomic mass is 15.3. The van der Waals surface area contributed by atoms with Crippen molar-refractivity contribution in [1.82, 2.24) is 9.78 Å².